The van der Waals surface area contributed by atoms with Crippen molar-refractivity contribution in [2.75, 3.05) is 13.2 Å². The van der Waals surface area contributed by atoms with E-state index in [1.165, 1.54) is 0 Å². The van der Waals surface area contributed by atoms with Gasteiger partial charge < -0.3 is 20.1 Å². The van der Waals surface area contributed by atoms with Gasteiger partial charge in [-0.2, -0.15) is 0 Å². The first-order chi connectivity index (χ1) is 13.2. The Bertz CT molecular complexity index is 838. The number of hydrogen-bond donors (Lipinski definition) is 2. The second-order valence-electron chi connectivity index (χ2n) is 6.85. The van der Waals surface area contributed by atoms with Crippen molar-refractivity contribution in [3.63, 3.8) is 0 Å². The molecule has 0 bridgehead atoms. The van der Waals surface area contributed by atoms with Crippen molar-refractivity contribution >= 4 is 5.97 Å². The average Bonchev–Trinajstić information content (AvgIpc) is 3.03. The van der Waals surface area contributed by atoms with E-state index in [2.05, 4.69) is 28.9 Å². The molecule has 27 heavy (non-hydrogen) atoms. The average molecular weight is 364 g/mol. The van der Waals surface area contributed by atoms with Gasteiger partial charge in [0.25, 0.3) is 0 Å². The maximum atomic E-state index is 12.5. The lowest BCUT2D eigenvalue weighted by Crippen LogP contribution is -2.33. The monoisotopic (exact) mass is 364 g/mol. The highest BCUT2D eigenvalue weighted by atomic mass is 16.5. The number of nitrogens with one attached hydrogen (secondary N) is 2. The molecule has 2 N–H and O–H groups in total. The van der Waals surface area contributed by atoms with Gasteiger partial charge in [0, 0.05) is 12.2 Å². The van der Waals surface area contributed by atoms with Crippen LogP contribution in [0.4, 0.5) is 0 Å². The number of hydrogen-bond acceptors (Lipinski definition) is 5. The molecule has 0 amide bonds. The van der Waals surface area contributed by atoms with Crippen LogP contribution in [-0.2, 0) is 20.9 Å². The maximum Gasteiger partial charge on any atom is 0.354 e. The molecule has 1 aromatic rings. The Morgan fingerprint density at radius 2 is 2.15 bits per heavy atom. The first-order valence-corrected chi connectivity index (χ1v) is 9.38. The van der Waals surface area contributed by atoms with Crippen LogP contribution in [0.2, 0.25) is 0 Å². The molecule has 2 atom stereocenters. The predicted molar refractivity (Wildman–Crippen MR) is 103 cm³/mol. The molecule has 5 nitrogen and oxygen atoms in total. The van der Waals surface area contributed by atoms with Crippen molar-refractivity contribution in [2.45, 2.75) is 26.2 Å². The third-order valence-corrected chi connectivity index (χ3v) is 5.16. The first kappa shape index (κ1) is 17.6. The minimum Gasteiger partial charge on any atom is -0.461 e. The fourth-order valence-electron chi connectivity index (χ4n) is 3.85. The summed E-state index contributed by atoms with van der Waals surface area (Å²) in [5, 5.41) is 6.68. The van der Waals surface area contributed by atoms with Crippen LogP contribution in [0.5, 0.6) is 0 Å². The molecule has 2 aliphatic heterocycles. The summed E-state index contributed by atoms with van der Waals surface area (Å²) in [6.45, 7) is 3.47. The number of carbonyl (C=O) groups is 1. The molecule has 1 fully saturated rings. The molecule has 2 unspecified atom stereocenters. The lowest BCUT2D eigenvalue weighted by molar-refractivity contribution is -0.139. The Morgan fingerprint density at radius 3 is 2.96 bits per heavy atom. The Hall–Kier alpha value is -2.79. The van der Waals surface area contributed by atoms with Gasteiger partial charge in [-0.05, 0) is 42.7 Å². The summed E-state index contributed by atoms with van der Waals surface area (Å²) in [6.07, 6.45) is 10.8. The topological polar surface area (TPSA) is 59.6 Å². The molecule has 1 spiro atoms. The quantitative estimate of drug-likeness (QED) is 0.787. The third kappa shape index (κ3) is 3.43. The molecule has 3 aliphatic rings. The second-order valence-corrected chi connectivity index (χ2v) is 6.85. The summed E-state index contributed by atoms with van der Waals surface area (Å²) in [5.74, 6) is -0.351. The van der Waals surface area contributed by atoms with E-state index in [4.69, 9.17) is 9.47 Å². The smallest absolute Gasteiger partial charge is 0.354 e. The minimum atomic E-state index is -0.417. The molecule has 2 heterocycles. The van der Waals surface area contributed by atoms with Gasteiger partial charge in [-0.25, -0.2) is 4.79 Å². The summed E-state index contributed by atoms with van der Waals surface area (Å²) in [6, 6.07) is 10.0. The summed E-state index contributed by atoms with van der Waals surface area (Å²) in [4.78, 5) is 12.5. The molecule has 5 heteroatoms. The molecular weight excluding hydrogens is 340 g/mol. The van der Waals surface area contributed by atoms with Crippen molar-refractivity contribution in [2.24, 2.45) is 5.41 Å². The predicted octanol–water partition coefficient (Wildman–Crippen LogP) is 2.94. The Morgan fingerprint density at radius 1 is 1.30 bits per heavy atom. The molecule has 4 rings (SSSR count). The van der Waals surface area contributed by atoms with E-state index in [0.717, 1.165) is 29.8 Å². The van der Waals surface area contributed by atoms with E-state index < -0.39 is 6.23 Å². The standard InChI is InChI=1S/C22H24N2O3/c1-2-26-21(25)18-14-22-11-12-23-19(22)10-6-9-17(22)13-20(24-18)27-15-16-7-4-3-5-8-16/h3-10,13-14,20,23-24H,2,11-12,15H2,1H3. The Balaban J connectivity index is 1.65. The lowest BCUT2D eigenvalue weighted by Gasteiger charge is -2.30. The van der Waals surface area contributed by atoms with Crippen LogP contribution in [0.1, 0.15) is 18.9 Å². The molecule has 0 radical (unpaired) electrons. The molecule has 1 aromatic carbocycles. The first-order valence-electron chi connectivity index (χ1n) is 9.38. The molecule has 1 aliphatic carbocycles. The molecule has 0 aromatic heterocycles. The number of allylic oxidation sites excluding steroid dienone is 4. The number of benzene rings is 1. The van der Waals surface area contributed by atoms with E-state index >= 15 is 0 Å². The largest absolute Gasteiger partial charge is 0.461 e. The fourth-order valence-corrected chi connectivity index (χ4v) is 3.85. The van der Waals surface area contributed by atoms with Crippen LogP contribution >= 0.6 is 0 Å². The number of rotatable bonds is 5. The summed E-state index contributed by atoms with van der Waals surface area (Å²) in [5.41, 5.74) is 3.46. The van der Waals surface area contributed by atoms with Crippen LogP contribution in [-0.4, -0.2) is 25.3 Å². The van der Waals surface area contributed by atoms with Gasteiger partial charge >= 0.3 is 5.97 Å². The van der Waals surface area contributed by atoms with Crippen molar-refractivity contribution in [1.29, 1.82) is 0 Å². The minimum absolute atomic E-state index is 0.325. The van der Waals surface area contributed by atoms with E-state index in [-0.39, 0.29) is 11.4 Å². The van der Waals surface area contributed by atoms with Gasteiger partial charge in [0.1, 0.15) is 11.9 Å². The summed E-state index contributed by atoms with van der Waals surface area (Å²) >= 11 is 0. The van der Waals surface area contributed by atoms with Crippen LogP contribution in [0, 0.1) is 5.41 Å². The van der Waals surface area contributed by atoms with Gasteiger partial charge in [-0.3, -0.25) is 0 Å². The van der Waals surface area contributed by atoms with Crippen molar-refractivity contribution in [3.8, 4) is 0 Å². The Kier molecular flexibility index (Phi) is 4.86. The van der Waals surface area contributed by atoms with Crippen LogP contribution in [0.15, 0.2) is 77.7 Å². The number of esters is 1. The highest BCUT2D eigenvalue weighted by Crippen LogP contribution is 2.47. The fraction of sp³-hybridized carbons (Fsp3) is 0.318. The maximum absolute atomic E-state index is 12.5. The molecular formula is C22H24N2O3. The highest BCUT2D eigenvalue weighted by Gasteiger charge is 2.43. The van der Waals surface area contributed by atoms with Crippen LogP contribution in [0.3, 0.4) is 0 Å². The van der Waals surface area contributed by atoms with Gasteiger partial charge in [-0.1, -0.05) is 42.5 Å². The number of ether oxygens (including phenoxy) is 2. The number of carbonyl (C=O) groups excluding carboxylic acids is 1. The van der Waals surface area contributed by atoms with E-state index in [9.17, 15) is 4.79 Å². The van der Waals surface area contributed by atoms with Gasteiger partial charge in [0.15, 0.2) is 0 Å². The SMILES string of the molecule is CCOC(=O)C1=CC23CCNC2=CC=CC3=CC(OCc2ccccc2)N1. The molecule has 0 saturated carbocycles. The van der Waals surface area contributed by atoms with Gasteiger partial charge in [-0.15, -0.1) is 0 Å². The van der Waals surface area contributed by atoms with Crippen LogP contribution < -0.4 is 10.6 Å². The van der Waals surface area contributed by atoms with E-state index in [1.807, 2.05) is 49.4 Å². The van der Waals surface area contributed by atoms with Gasteiger partial charge in [0.2, 0.25) is 0 Å². The van der Waals surface area contributed by atoms with Crippen molar-refractivity contribution in [1.82, 2.24) is 10.6 Å². The summed E-state index contributed by atoms with van der Waals surface area (Å²) < 4.78 is 11.4. The summed E-state index contributed by atoms with van der Waals surface area (Å²) in [7, 11) is 0. The van der Waals surface area contributed by atoms with E-state index in [1.54, 1.807) is 0 Å². The zero-order valence-corrected chi connectivity index (χ0v) is 15.4. The van der Waals surface area contributed by atoms with Gasteiger partial charge in [0.05, 0.1) is 18.6 Å². The zero-order valence-electron chi connectivity index (χ0n) is 15.4. The van der Waals surface area contributed by atoms with E-state index in [0.29, 0.717) is 18.9 Å². The third-order valence-electron chi connectivity index (χ3n) is 5.16. The van der Waals surface area contributed by atoms with Crippen LogP contribution in [0.25, 0.3) is 0 Å². The normalized spacial score (nSPS) is 25.7. The van der Waals surface area contributed by atoms with Crippen molar-refractivity contribution < 1.29 is 14.3 Å². The molecule has 140 valence electrons. The highest BCUT2D eigenvalue weighted by molar-refractivity contribution is 5.88. The van der Waals surface area contributed by atoms with Crippen molar-refractivity contribution in [3.05, 3.63) is 83.2 Å². The molecule has 1 saturated heterocycles. The Labute approximate surface area is 159 Å². The zero-order chi connectivity index (χ0) is 18.7. The second kappa shape index (κ2) is 7.45. The lowest BCUT2D eigenvalue weighted by atomic mass is 9.73.